The first kappa shape index (κ1) is 26.8. The zero-order chi connectivity index (χ0) is 31.2. The molecule has 0 saturated heterocycles. The fourth-order valence-electron chi connectivity index (χ4n) is 6.15. The normalized spacial score (nSPS) is 11.4. The lowest BCUT2D eigenvalue weighted by Crippen LogP contribution is -2.00. The molecule has 6 heteroatoms. The van der Waals surface area contributed by atoms with Crippen LogP contribution in [0.1, 0.15) is 0 Å². The molecular weight excluding hydrogens is 578 g/mol. The minimum atomic E-state index is 0.605. The van der Waals surface area contributed by atoms with Crippen molar-refractivity contribution < 1.29 is 4.42 Å². The van der Waals surface area contributed by atoms with Gasteiger partial charge in [-0.2, -0.15) is 0 Å². The van der Waals surface area contributed by atoms with Crippen molar-refractivity contribution in [3.05, 3.63) is 152 Å². The van der Waals surface area contributed by atoms with Crippen LogP contribution < -0.4 is 0 Å². The van der Waals surface area contributed by atoms with Crippen LogP contribution in [0.5, 0.6) is 0 Å². The Morgan fingerprint density at radius 2 is 0.979 bits per heavy atom. The highest BCUT2D eigenvalue weighted by molar-refractivity contribution is 6.21. The van der Waals surface area contributed by atoms with Gasteiger partial charge in [-0.3, -0.25) is 0 Å². The molecule has 0 spiro atoms. The van der Waals surface area contributed by atoms with Crippen LogP contribution in [0.15, 0.2) is 156 Å². The summed E-state index contributed by atoms with van der Waals surface area (Å²) in [5, 5.41) is 2.98. The van der Waals surface area contributed by atoms with Crippen molar-refractivity contribution in [2.45, 2.75) is 0 Å². The maximum atomic E-state index is 6.43. The van der Waals surface area contributed by atoms with Crippen molar-refractivity contribution >= 4 is 32.8 Å². The van der Waals surface area contributed by atoms with Crippen molar-refractivity contribution in [3.8, 4) is 56.4 Å². The number of furan rings is 1. The highest BCUT2D eigenvalue weighted by Gasteiger charge is 2.18. The Kier molecular flexibility index (Phi) is 6.35. The molecule has 0 aliphatic heterocycles. The summed E-state index contributed by atoms with van der Waals surface area (Å²) < 4.78 is 6.43. The van der Waals surface area contributed by atoms with E-state index in [4.69, 9.17) is 19.4 Å². The molecule has 9 rings (SSSR count). The molecule has 0 atom stereocenters. The van der Waals surface area contributed by atoms with E-state index in [9.17, 15) is 0 Å². The van der Waals surface area contributed by atoms with Crippen LogP contribution in [0, 0.1) is 0 Å². The van der Waals surface area contributed by atoms with Crippen LogP contribution in [0.4, 0.5) is 0 Å². The second-order valence-electron chi connectivity index (χ2n) is 11.4. The second-order valence-corrected chi connectivity index (χ2v) is 11.4. The summed E-state index contributed by atoms with van der Waals surface area (Å²) in [7, 11) is 0. The number of aromatic nitrogens is 5. The summed E-state index contributed by atoms with van der Waals surface area (Å²) in [4.78, 5) is 23.7. The van der Waals surface area contributed by atoms with Gasteiger partial charge in [0.1, 0.15) is 17.5 Å². The predicted molar refractivity (Wildman–Crippen MR) is 187 cm³/mol. The highest BCUT2D eigenvalue weighted by atomic mass is 16.3. The summed E-state index contributed by atoms with van der Waals surface area (Å²) in [5.74, 6) is 1.85. The van der Waals surface area contributed by atoms with E-state index >= 15 is 0 Å². The molecule has 9 aromatic rings. The van der Waals surface area contributed by atoms with Crippen molar-refractivity contribution in [1.29, 1.82) is 0 Å². The van der Waals surface area contributed by atoms with Gasteiger partial charge in [-0.05, 0) is 28.8 Å². The summed E-state index contributed by atoms with van der Waals surface area (Å²) >= 11 is 0. The van der Waals surface area contributed by atoms with Gasteiger partial charge >= 0.3 is 0 Å². The van der Waals surface area contributed by atoms with E-state index in [-0.39, 0.29) is 0 Å². The molecule has 0 aliphatic rings. The van der Waals surface area contributed by atoms with Gasteiger partial charge in [0.05, 0.1) is 10.9 Å². The lowest BCUT2D eigenvalue weighted by atomic mass is 9.98. The Hall–Kier alpha value is -6.53. The molecule has 0 saturated carbocycles. The van der Waals surface area contributed by atoms with Gasteiger partial charge in [0, 0.05) is 39.2 Å². The van der Waals surface area contributed by atoms with Gasteiger partial charge in [-0.25, -0.2) is 24.9 Å². The Bertz CT molecular complexity index is 2540. The molecule has 0 bridgehead atoms. The standard InChI is InChI=1S/C41H25N5O/c1-3-9-26(10-4-1)27-15-19-30(20-16-27)40-44-39(29-11-5-2-6-12-29)45-41(46-40)31-21-17-28(18-22-31)34-23-32-24-42-25-43-37(32)36-33-13-7-8-14-35(33)47-38(34)36/h1-25H. The molecule has 3 heterocycles. The number of nitrogens with zero attached hydrogens (tertiary/aromatic N) is 5. The molecule has 0 radical (unpaired) electrons. The molecule has 3 aromatic heterocycles. The average molecular weight is 604 g/mol. The summed E-state index contributed by atoms with van der Waals surface area (Å²) in [6.07, 6.45) is 3.44. The fraction of sp³-hybridized carbons (Fsp3) is 0. The zero-order valence-corrected chi connectivity index (χ0v) is 25.1. The van der Waals surface area contributed by atoms with E-state index in [1.165, 1.54) is 5.56 Å². The topological polar surface area (TPSA) is 77.6 Å². The first-order valence-electron chi connectivity index (χ1n) is 15.4. The van der Waals surface area contributed by atoms with Crippen LogP contribution in [0.25, 0.3) is 89.3 Å². The molecule has 0 N–H and O–H groups in total. The predicted octanol–water partition coefficient (Wildman–Crippen LogP) is 10.0. The molecule has 0 amide bonds. The van der Waals surface area contributed by atoms with Gasteiger partial charge in [-0.1, -0.05) is 127 Å². The van der Waals surface area contributed by atoms with Crippen molar-refractivity contribution in [2.24, 2.45) is 0 Å². The molecule has 0 aliphatic carbocycles. The van der Waals surface area contributed by atoms with Crippen LogP contribution >= 0.6 is 0 Å². The lowest BCUT2D eigenvalue weighted by molar-refractivity contribution is 0.670. The number of rotatable bonds is 5. The minimum absolute atomic E-state index is 0.605. The minimum Gasteiger partial charge on any atom is -0.455 e. The maximum Gasteiger partial charge on any atom is 0.164 e. The molecule has 0 fully saturated rings. The van der Waals surface area contributed by atoms with Gasteiger partial charge < -0.3 is 4.42 Å². The Balaban J connectivity index is 1.15. The monoisotopic (exact) mass is 603 g/mol. The molecular formula is C41H25N5O. The number of hydrogen-bond donors (Lipinski definition) is 0. The van der Waals surface area contributed by atoms with Crippen LogP contribution in [0.3, 0.4) is 0 Å². The number of fused-ring (bicyclic) bond motifs is 5. The number of benzene rings is 6. The molecule has 0 unspecified atom stereocenters. The maximum absolute atomic E-state index is 6.43. The summed E-state index contributed by atoms with van der Waals surface area (Å²) in [6.45, 7) is 0. The van der Waals surface area contributed by atoms with E-state index in [0.29, 0.717) is 17.5 Å². The van der Waals surface area contributed by atoms with Gasteiger partial charge in [0.2, 0.25) is 0 Å². The van der Waals surface area contributed by atoms with E-state index < -0.39 is 0 Å². The first-order valence-corrected chi connectivity index (χ1v) is 15.4. The quantitative estimate of drug-likeness (QED) is 0.195. The average Bonchev–Trinajstić information content (AvgIpc) is 3.55. The van der Waals surface area contributed by atoms with Crippen molar-refractivity contribution in [2.75, 3.05) is 0 Å². The van der Waals surface area contributed by atoms with E-state index in [1.54, 1.807) is 6.33 Å². The summed E-state index contributed by atoms with van der Waals surface area (Å²) in [5.41, 5.74) is 9.55. The van der Waals surface area contributed by atoms with Crippen molar-refractivity contribution in [3.63, 3.8) is 0 Å². The SMILES string of the molecule is c1ccc(-c2ccc(-c3nc(-c4ccccc4)nc(-c4ccc(-c5cc6cncnc6c6c5oc5ccccc56)cc4)n3)cc2)cc1. The van der Waals surface area contributed by atoms with Gasteiger partial charge in [0.15, 0.2) is 17.5 Å². The lowest BCUT2D eigenvalue weighted by Gasteiger charge is -2.10. The van der Waals surface area contributed by atoms with Crippen LogP contribution in [0.2, 0.25) is 0 Å². The van der Waals surface area contributed by atoms with Crippen LogP contribution in [-0.4, -0.2) is 24.9 Å². The van der Waals surface area contributed by atoms with Crippen LogP contribution in [-0.2, 0) is 0 Å². The third-order valence-corrected chi connectivity index (χ3v) is 8.49. The number of hydrogen-bond acceptors (Lipinski definition) is 6. The Morgan fingerprint density at radius 3 is 1.64 bits per heavy atom. The number of para-hydroxylation sites is 1. The van der Waals surface area contributed by atoms with E-state index in [1.807, 2.05) is 72.9 Å². The first-order chi connectivity index (χ1) is 23.3. The van der Waals surface area contributed by atoms with E-state index in [2.05, 4.69) is 82.8 Å². The molecule has 6 nitrogen and oxygen atoms in total. The Labute approximate surface area is 270 Å². The largest absolute Gasteiger partial charge is 0.455 e. The third kappa shape index (κ3) is 4.80. The fourth-order valence-corrected chi connectivity index (χ4v) is 6.15. The zero-order valence-electron chi connectivity index (χ0n) is 25.1. The summed E-state index contributed by atoms with van der Waals surface area (Å²) in [6, 6.07) is 47.2. The van der Waals surface area contributed by atoms with Crippen molar-refractivity contribution in [1.82, 2.24) is 24.9 Å². The van der Waals surface area contributed by atoms with E-state index in [0.717, 1.165) is 66.2 Å². The second kappa shape index (κ2) is 11.1. The molecule has 220 valence electrons. The third-order valence-electron chi connectivity index (χ3n) is 8.49. The Morgan fingerprint density at radius 1 is 0.468 bits per heavy atom. The molecule has 47 heavy (non-hydrogen) atoms. The van der Waals surface area contributed by atoms with Gasteiger partial charge in [0.25, 0.3) is 0 Å². The smallest absolute Gasteiger partial charge is 0.164 e. The van der Waals surface area contributed by atoms with Gasteiger partial charge in [-0.15, -0.1) is 0 Å². The highest BCUT2D eigenvalue weighted by Crippen LogP contribution is 2.40. The molecule has 6 aromatic carbocycles.